The first-order chi connectivity index (χ1) is 22.2. The molecule has 4 nitrogen and oxygen atoms in total. The standard InChI is InChI=1S/C41H29N3O.Pt/c45-40-24-11-10-23-39(40)33-27-32(29-38(30-33)43(34-16-4-1-5-17-34)35-18-6-2-7-19-35)31-15-14-22-37(28-31)44(36-20-8-3-9-21-36)41-25-12-13-26-42-41;/h1-26,29-30,45H;/q-2;+2. The smallest absolute Gasteiger partial charge is 0.515 e. The van der Waals surface area contributed by atoms with Gasteiger partial charge in [-0.05, 0) is 71.5 Å². The van der Waals surface area contributed by atoms with Crippen molar-refractivity contribution in [3.8, 4) is 28.0 Å². The van der Waals surface area contributed by atoms with Crippen molar-refractivity contribution >= 4 is 34.3 Å². The molecule has 6 aromatic carbocycles. The van der Waals surface area contributed by atoms with Crippen molar-refractivity contribution in [3.05, 3.63) is 182 Å². The van der Waals surface area contributed by atoms with E-state index in [0.717, 1.165) is 50.9 Å². The zero-order valence-corrected chi connectivity index (χ0v) is 27.0. The molecule has 224 valence electrons. The Kier molecular flexibility index (Phi) is 9.38. The quantitative estimate of drug-likeness (QED) is 0.156. The van der Waals surface area contributed by atoms with E-state index in [-0.39, 0.29) is 26.8 Å². The van der Waals surface area contributed by atoms with Gasteiger partial charge in [-0.1, -0.05) is 78.9 Å². The molecule has 5 heteroatoms. The average molecular weight is 775 g/mol. The fourth-order valence-electron chi connectivity index (χ4n) is 5.48. The number of para-hydroxylation sites is 4. The van der Waals surface area contributed by atoms with Crippen LogP contribution in [0.5, 0.6) is 5.75 Å². The second kappa shape index (κ2) is 14.1. The van der Waals surface area contributed by atoms with Gasteiger partial charge in [-0.2, -0.15) is 29.8 Å². The van der Waals surface area contributed by atoms with E-state index in [2.05, 4.69) is 75.4 Å². The SMILES string of the molecule is Oc1ccccc1-c1[c-]c(-c2[c-]c(N(c3ccccc3)c3ccccn3)ccc2)cc(N(c2ccccc2)c2ccccc2)c1.[Pt+2]. The van der Waals surface area contributed by atoms with Gasteiger partial charge in [0.25, 0.3) is 0 Å². The molecule has 46 heavy (non-hydrogen) atoms. The molecule has 0 aliphatic carbocycles. The Morgan fingerprint density at radius 2 is 1.02 bits per heavy atom. The molecule has 0 aliphatic heterocycles. The maximum absolute atomic E-state index is 10.9. The van der Waals surface area contributed by atoms with Gasteiger partial charge in [-0.15, -0.1) is 23.8 Å². The molecule has 1 N–H and O–H groups in total. The van der Waals surface area contributed by atoms with Crippen molar-refractivity contribution in [1.29, 1.82) is 0 Å². The molecule has 1 aromatic heterocycles. The molecule has 0 saturated heterocycles. The van der Waals surface area contributed by atoms with Crippen LogP contribution in [0, 0.1) is 12.1 Å². The molecule has 0 unspecified atom stereocenters. The largest absolute Gasteiger partial charge is 2.00 e. The number of rotatable bonds is 8. The number of hydrogen-bond donors (Lipinski definition) is 1. The number of aromatic nitrogens is 1. The van der Waals surface area contributed by atoms with E-state index >= 15 is 0 Å². The van der Waals surface area contributed by atoms with Crippen molar-refractivity contribution in [1.82, 2.24) is 4.98 Å². The maximum atomic E-state index is 10.9. The molecule has 0 radical (unpaired) electrons. The van der Waals surface area contributed by atoms with Gasteiger partial charge in [-0.25, -0.2) is 10.5 Å². The fourth-order valence-corrected chi connectivity index (χ4v) is 5.48. The minimum Gasteiger partial charge on any atom is -0.515 e. The topological polar surface area (TPSA) is 39.6 Å². The zero-order chi connectivity index (χ0) is 30.4. The van der Waals surface area contributed by atoms with E-state index in [4.69, 9.17) is 0 Å². The van der Waals surface area contributed by atoms with Crippen molar-refractivity contribution < 1.29 is 26.2 Å². The molecule has 0 saturated carbocycles. The molecule has 0 aliphatic rings. The molecule has 1 heterocycles. The number of phenols is 1. The summed E-state index contributed by atoms with van der Waals surface area (Å²) < 4.78 is 0. The Bertz CT molecular complexity index is 1940. The maximum Gasteiger partial charge on any atom is 2.00 e. The molecular weight excluding hydrogens is 746 g/mol. The minimum absolute atomic E-state index is 0. The number of pyridine rings is 1. The van der Waals surface area contributed by atoms with Crippen LogP contribution in [-0.2, 0) is 21.1 Å². The first-order valence-corrected chi connectivity index (χ1v) is 14.8. The summed E-state index contributed by atoms with van der Waals surface area (Å²) in [6, 6.07) is 61.7. The predicted octanol–water partition coefficient (Wildman–Crippen LogP) is 10.7. The monoisotopic (exact) mass is 774 g/mol. The summed E-state index contributed by atoms with van der Waals surface area (Å²) in [7, 11) is 0. The van der Waals surface area contributed by atoms with Crippen LogP contribution in [0.4, 0.5) is 34.3 Å². The van der Waals surface area contributed by atoms with Gasteiger partial charge in [0.15, 0.2) is 0 Å². The summed E-state index contributed by atoms with van der Waals surface area (Å²) in [5.41, 5.74) is 8.00. The Morgan fingerprint density at radius 1 is 0.457 bits per heavy atom. The third kappa shape index (κ3) is 6.49. The first-order valence-electron chi connectivity index (χ1n) is 14.8. The number of anilines is 6. The van der Waals surface area contributed by atoms with Gasteiger partial charge in [-0.3, -0.25) is 0 Å². The Hall–Kier alpha value is -5.44. The summed E-state index contributed by atoms with van der Waals surface area (Å²) in [5, 5.41) is 10.9. The summed E-state index contributed by atoms with van der Waals surface area (Å²) in [5.74, 6) is 0.995. The van der Waals surface area contributed by atoms with Gasteiger partial charge >= 0.3 is 21.1 Å². The number of nitrogens with zero attached hydrogens (tertiary/aromatic N) is 3. The predicted molar refractivity (Wildman–Crippen MR) is 184 cm³/mol. The Morgan fingerprint density at radius 3 is 1.63 bits per heavy atom. The molecule has 0 amide bonds. The molecule has 0 spiro atoms. The van der Waals surface area contributed by atoms with Gasteiger partial charge in [0, 0.05) is 23.3 Å². The van der Waals surface area contributed by atoms with Crippen LogP contribution in [-0.4, -0.2) is 10.1 Å². The summed E-state index contributed by atoms with van der Waals surface area (Å²) in [4.78, 5) is 8.98. The van der Waals surface area contributed by atoms with Crippen LogP contribution in [0.2, 0.25) is 0 Å². The molecule has 0 fully saturated rings. The fraction of sp³-hybridized carbons (Fsp3) is 0. The van der Waals surface area contributed by atoms with Crippen LogP contribution in [0.25, 0.3) is 22.3 Å². The summed E-state index contributed by atoms with van der Waals surface area (Å²) >= 11 is 0. The minimum atomic E-state index is 0. The van der Waals surface area contributed by atoms with Crippen LogP contribution in [0.1, 0.15) is 0 Å². The van der Waals surface area contributed by atoms with Crippen LogP contribution in [0.15, 0.2) is 170 Å². The zero-order valence-electron chi connectivity index (χ0n) is 24.8. The molecular formula is C41H29N3OPt. The molecule has 0 bridgehead atoms. The van der Waals surface area contributed by atoms with E-state index in [9.17, 15) is 5.11 Å². The molecule has 0 atom stereocenters. The second-order valence-corrected chi connectivity index (χ2v) is 10.5. The Labute approximate surface area is 284 Å². The van der Waals surface area contributed by atoms with Crippen LogP contribution < -0.4 is 9.80 Å². The van der Waals surface area contributed by atoms with Gasteiger partial charge < -0.3 is 14.9 Å². The normalized spacial score (nSPS) is 10.5. The number of hydrogen-bond acceptors (Lipinski definition) is 4. The Balaban J connectivity index is 0.00000372. The van der Waals surface area contributed by atoms with E-state index in [1.54, 1.807) is 12.3 Å². The average Bonchev–Trinajstić information content (AvgIpc) is 3.11. The third-order valence-corrected chi connectivity index (χ3v) is 7.54. The second-order valence-electron chi connectivity index (χ2n) is 10.5. The van der Waals surface area contributed by atoms with Crippen molar-refractivity contribution in [2.75, 3.05) is 9.80 Å². The summed E-state index contributed by atoms with van der Waals surface area (Å²) in [6.07, 6.45) is 1.80. The van der Waals surface area contributed by atoms with Gasteiger partial charge in [0.1, 0.15) is 5.82 Å². The van der Waals surface area contributed by atoms with E-state index < -0.39 is 0 Å². The van der Waals surface area contributed by atoms with E-state index in [1.807, 2.05) is 109 Å². The number of aromatic hydroxyl groups is 1. The first kappa shape index (κ1) is 30.6. The van der Waals surface area contributed by atoms with Crippen LogP contribution >= 0.6 is 0 Å². The van der Waals surface area contributed by atoms with Crippen molar-refractivity contribution in [2.24, 2.45) is 0 Å². The van der Waals surface area contributed by atoms with Crippen LogP contribution in [0.3, 0.4) is 0 Å². The van der Waals surface area contributed by atoms with Gasteiger partial charge in [0.2, 0.25) is 0 Å². The summed E-state index contributed by atoms with van der Waals surface area (Å²) in [6.45, 7) is 0. The third-order valence-electron chi connectivity index (χ3n) is 7.54. The number of phenolic OH excluding ortho intramolecular Hbond substituents is 1. The van der Waals surface area contributed by atoms with E-state index in [1.165, 1.54) is 0 Å². The van der Waals surface area contributed by atoms with Crippen molar-refractivity contribution in [3.63, 3.8) is 0 Å². The van der Waals surface area contributed by atoms with E-state index in [0.29, 0.717) is 5.56 Å². The molecule has 7 aromatic rings. The molecule has 7 rings (SSSR count). The number of benzene rings is 6. The van der Waals surface area contributed by atoms with Crippen molar-refractivity contribution in [2.45, 2.75) is 0 Å². The van der Waals surface area contributed by atoms with Gasteiger partial charge in [0.05, 0.1) is 5.75 Å².